The SMILES string of the molecule is C(NCC1CO1)C1CO1.CC1CCCCC1C. The van der Waals surface area contributed by atoms with Gasteiger partial charge >= 0.3 is 0 Å². The Hall–Kier alpha value is -0.120. The zero-order valence-electron chi connectivity index (χ0n) is 11.3. The van der Waals surface area contributed by atoms with Crippen molar-refractivity contribution in [2.24, 2.45) is 11.8 Å². The zero-order chi connectivity index (χ0) is 12.1. The van der Waals surface area contributed by atoms with Gasteiger partial charge in [-0.2, -0.15) is 0 Å². The summed E-state index contributed by atoms with van der Waals surface area (Å²) in [5.41, 5.74) is 0. The lowest BCUT2D eigenvalue weighted by Gasteiger charge is -2.24. The minimum atomic E-state index is 0.503. The highest BCUT2D eigenvalue weighted by atomic mass is 16.6. The van der Waals surface area contributed by atoms with Gasteiger partial charge in [-0.3, -0.25) is 0 Å². The Morgan fingerprint density at radius 1 is 0.882 bits per heavy atom. The van der Waals surface area contributed by atoms with Crippen LogP contribution in [0.3, 0.4) is 0 Å². The van der Waals surface area contributed by atoms with E-state index in [0.717, 1.165) is 38.1 Å². The molecule has 1 saturated carbocycles. The predicted octanol–water partition coefficient (Wildman–Crippen LogP) is 2.21. The molecule has 4 atom stereocenters. The van der Waals surface area contributed by atoms with E-state index in [1.54, 1.807) is 0 Å². The number of nitrogens with one attached hydrogen (secondary N) is 1. The van der Waals surface area contributed by atoms with Gasteiger partial charge in [0.2, 0.25) is 0 Å². The van der Waals surface area contributed by atoms with Crippen LogP contribution in [0, 0.1) is 11.8 Å². The molecule has 4 unspecified atom stereocenters. The first kappa shape index (κ1) is 13.3. The molecule has 0 aromatic heterocycles. The summed E-state index contributed by atoms with van der Waals surface area (Å²) in [6.45, 7) is 8.64. The molecule has 1 N–H and O–H groups in total. The second-order valence-electron chi connectivity index (χ2n) is 5.81. The van der Waals surface area contributed by atoms with Gasteiger partial charge in [0.25, 0.3) is 0 Å². The van der Waals surface area contributed by atoms with Crippen molar-refractivity contribution in [3.05, 3.63) is 0 Å². The third-order valence-electron chi connectivity index (χ3n) is 4.09. The Morgan fingerprint density at radius 3 is 1.59 bits per heavy atom. The van der Waals surface area contributed by atoms with Crippen molar-refractivity contribution < 1.29 is 9.47 Å². The summed E-state index contributed by atoms with van der Waals surface area (Å²) in [5.74, 6) is 2.01. The Bertz CT molecular complexity index is 192. The van der Waals surface area contributed by atoms with Gasteiger partial charge in [-0.05, 0) is 11.8 Å². The second kappa shape index (κ2) is 6.72. The van der Waals surface area contributed by atoms with E-state index < -0.39 is 0 Å². The molecule has 100 valence electrons. The molecule has 2 heterocycles. The standard InChI is InChI=1S/C8H16.C6H11NO2/c1-7-5-3-4-6-8(7)2;1(5-3-8-5)7-2-6-4-9-6/h7-8H,3-6H2,1-2H3;5-7H,1-4H2. The summed E-state index contributed by atoms with van der Waals surface area (Å²) >= 11 is 0. The number of rotatable bonds is 4. The average molecular weight is 241 g/mol. The molecule has 0 radical (unpaired) electrons. The normalized spacial score (nSPS) is 39.2. The lowest BCUT2D eigenvalue weighted by molar-refractivity contribution is 0.277. The van der Waals surface area contributed by atoms with Crippen molar-refractivity contribution in [1.29, 1.82) is 0 Å². The maximum Gasteiger partial charge on any atom is 0.0933 e. The van der Waals surface area contributed by atoms with Crippen molar-refractivity contribution in [3.63, 3.8) is 0 Å². The van der Waals surface area contributed by atoms with Crippen molar-refractivity contribution in [2.45, 2.75) is 51.7 Å². The quantitative estimate of drug-likeness (QED) is 0.767. The van der Waals surface area contributed by atoms with Crippen LogP contribution in [0.4, 0.5) is 0 Å². The third-order valence-corrected chi connectivity index (χ3v) is 4.09. The smallest absolute Gasteiger partial charge is 0.0933 e. The maximum absolute atomic E-state index is 5.01. The second-order valence-corrected chi connectivity index (χ2v) is 5.81. The van der Waals surface area contributed by atoms with E-state index in [1.807, 2.05) is 0 Å². The van der Waals surface area contributed by atoms with Gasteiger partial charge in [-0.1, -0.05) is 39.5 Å². The van der Waals surface area contributed by atoms with Crippen LogP contribution in [0.5, 0.6) is 0 Å². The van der Waals surface area contributed by atoms with Crippen LogP contribution in [0.25, 0.3) is 0 Å². The highest BCUT2D eigenvalue weighted by Gasteiger charge is 2.25. The Kier molecular flexibility index (Phi) is 5.26. The van der Waals surface area contributed by atoms with Crippen LogP contribution in [0.2, 0.25) is 0 Å². The van der Waals surface area contributed by atoms with Gasteiger partial charge in [-0.15, -0.1) is 0 Å². The molecule has 0 amide bonds. The molecule has 3 fully saturated rings. The van der Waals surface area contributed by atoms with Gasteiger partial charge in [0.05, 0.1) is 25.4 Å². The Morgan fingerprint density at radius 2 is 1.29 bits per heavy atom. The van der Waals surface area contributed by atoms with Crippen LogP contribution >= 0.6 is 0 Å². The largest absolute Gasteiger partial charge is 0.372 e. The molecule has 0 aromatic rings. The summed E-state index contributed by atoms with van der Waals surface area (Å²) in [5, 5.41) is 3.26. The summed E-state index contributed by atoms with van der Waals surface area (Å²) in [6, 6.07) is 0. The fourth-order valence-electron chi connectivity index (χ4n) is 2.28. The van der Waals surface area contributed by atoms with Gasteiger partial charge < -0.3 is 14.8 Å². The van der Waals surface area contributed by atoms with E-state index in [9.17, 15) is 0 Å². The molecule has 2 aliphatic heterocycles. The van der Waals surface area contributed by atoms with E-state index in [2.05, 4.69) is 19.2 Å². The Labute approximate surface area is 105 Å². The molecule has 0 aromatic carbocycles. The molecule has 3 aliphatic rings. The molecule has 0 spiro atoms. The molecule has 0 bridgehead atoms. The molecule has 1 aliphatic carbocycles. The van der Waals surface area contributed by atoms with E-state index in [0.29, 0.717) is 12.2 Å². The lowest BCUT2D eigenvalue weighted by Crippen LogP contribution is -2.24. The molecular weight excluding hydrogens is 214 g/mol. The van der Waals surface area contributed by atoms with Gasteiger partial charge in [0.1, 0.15) is 0 Å². The topological polar surface area (TPSA) is 37.1 Å². The monoisotopic (exact) mass is 241 g/mol. The van der Waals surface area contributed by atoms with Crippen LogP contribution < -0.4 is 5.32 Å². The van der Waals surface area contributed by atoms with Crippen molar-refractivity contribution in [1.82, 2.24) is 5.32 Å². The number of ether oxygens (including phenoxy) is 2. The highest BCUT2D eigenvalue weighted by molar-refractivity contribution is 4.76. The van der Waals surface area contributed by atoms with Crippen LogP contribution in [-0.2, 0) is 9.47 Å². The summed E-state index contributed by atoms with van der Waals surface area (Å²) in [4.78, 5) is 0. The predicted molar refractivity (Wildman–Crippen MR) is 69.1 cm³/mol. The third kappa shape index (κ3) is 5.84. The number of hydrogen-bond acceptors (Lipinski definition) is 3. The molecule has 17 heavy (non-hydrogen) atoms. The molecule has 3 heteroatoms. The summed E-state index contributed by atoms with van der Waals surface area (Å²) < 4.78 is 10.0. The van der Waals surface area contributed by atoms with Crippen LogP contribution in [-0.4, -0.2) is 38.5 Å². The number of epoxide rings is 2. The van der Waals surface area contributed by atoms with Gasteiger partial charge in [-0.25, -0.2) is 0 Å². The Balaban J connectivity index is 0.000000128. The van der Waals surface area contributed by atoms with Crippen LogP contribution in [0.15, 0.2) is 0 Å². The first-order chi connectivity index (χ1) is 8.25. The minimum absolute atomic E-state index is 0.503. The summed E-state index contributed by atoms with van der Waals surface area (Å²) in [6.07, 6.45) is 6.91. The van der Waals surface area contributed by atoms with Crippen molar-refractivity contribution in [2.75, 3.05) is 26.3 Å². The summed E-state index contributed by atoms with van der Waals surface area (Å²) in [7, 11) is 0. The molecule has 2 saturated heterocycles. The fraction of sp³-hybridized carbons (Fsp3) is 1.00. The minimum Gasteiger partial charge on any atom is -0.372 e. The van der Waals surface area contributed by atoms with E-state index >= 15 is 0 Å². The van der Waals surface area contributed by atoms with Crippen LogP contribution in [0.1, 0.15) is 39.5 Å². The molecule has 3 nitrogen and oxygen atoms in total. The maximum atomic E-state index is 5.01. The lowest BCUT2D eigenvalue weighted by atomic mass is 9.82. The molecular formula is C14H27NO2. The van der Waals surface area contributed by atoms with Gasteiger partial charge in [0.15, 0.2) is 0 Å². The van der Waals surface area contributed by atoms with E-state index in [4.69, 9.17) is 9.47 Å². The van der Waals surface area contributed by atoms with Crippen molar-refractivity contribution >= 4 is 0 Å². The zero-order valence-corrected chi connectivity index (χ0v) is 11.3. The highest BCUT2D eigenvalue weighted by Crippen LogP contribution is 2.28. The average Bonchev–Trinajstić information content (AvgIpc) is 3.16. The number of hydrogen-bond donors (Lipinski definition) is 1. The van der Waals surface area contributed by atoms with Gasteiger partial charge in [0, 0.05) is 13.1 Å². The van der Waals surface area contributed by atoms with Crippen molar-refractivity contribution in [3.8, 4) is 0 Å². The first-order valence-electron chi connectivity index (χ1n) is 7.19. The first-order valence-corrected chi connectivity index (χ1v) is 7.19. The van der Waals surface area contributed by atoms with E-state index in [-0.39, 0.29) is 0 Å². The van der Waals surface area contributed by atoms with E-state index in [1.165, 1.54) is 25.7 Å². The fourth-order valence-corrected chi connectivity index (χ4v) is 2.28. The molecule has 3 rings (SSSR count).